The summed E-state index contributed by atoms with van der Waals surface area (Å²) in [5, 5.41) is 13.4. The minimum atomic E-state index is -4.53. The van der Waals surface area contributed by atoms with Crippen LogP contribution >= 0.6 is 0 Å². The van der Waals surface area contributed by atoms with Crippen LogP contribution in [-0.4, -0.2) is 59.0 Å². The van der Waals surface area contributed by atoms with Crippen molar-refractivity contribution in [2.75, 3.05) is 43.1 Å². The molecule has 1 aliphatic heterocycles. The molecule has 1 saturated heterocycles. The first kappa shape index (κ1) is 21.6. The molecule has 0 saturated carbocycles. The largest absolute Gasteiger partial charge is 0.484 e. The average molecular weight is 448 g/mol. The number of benzene rings is 2. The number of carbonyl (C=O) groups is 1. The zero-order valence-electron chi connectivity index (χ0n) is 16.7. The average Bonchev–Trinajstić information content (AvgIpc) is 3.33. The maximum absolute atomic E-state index is 13.2. The number of halogens is 3. The van der Waals surface area contributed by atoms with Gasteiger partial charge >= 0.3 is 6.18 Å². The van der Waals surface area contributed by atoms with Crippen molar-refractivity contribution in [3.8, 4) is 11.4 Å². The Morgan fingerprint density at radius 2 is 1.97 bits per heavy atom. The van der Waals surface area contributed by atoms with Crippen LogP contribution in [0.25, 0.3) is 5.69 Å². The number of tetrazole rings is 1. The Morgan fingerprint density at radius 3 is 2.69 bits per heavy atom. The van der Waals surface area contributed by atoms with Crippen molar-refractivity contribution < 1.29 is 27.4 Å². The number of hydrogen-bond donors (Lipinski definition) is 1. The van der Waals surface area contributed by atoms with Crippen LogP contribution in [0.15, 0.2) is 48.8 Å². The normalized spacial score (nSPS) is 14.3. The van der Waals surface area contributed by atoms with Crippen LogP contribution in [-0.2, 0) is 15.7 Å². The van der Waals surface area contributed by atoms with Gasteiger partial charge in [0.25, 0.3) is 5.91 Å². The second-order valence-electron chi connectivity index (χ2n) is 6.92. The van der Waals surface area contributed by atoms with Gasteiger partial charge in [0.15, 0.2) is 6.61 Å². The van der Waals surface area contributed by atoms with Crippen LogP contribution < -0.4 is 15.0 Å². The van der Waals surface area contributed by atoms with Gasteiger partial charge in [0, 0.05) is 19.2 Å². The Morgan fingerprint density at radius 1 is 1.16 bits per heavy atom. The first-order valence-electron chi connectivity index (χ1n) is 9.70. The number of carbonyl (C=O) groups excluding carboxylic acids is 1. The number of hydrogen-bond acceptors (Lipinski definition) is 7. The monoisotopic (exact) mass is 448 g/mol. The van der Waals surface area contributed by atoms with Gasteiger partial charge in [0.2, 0.25) is 0 Å². The molecule has 9 nitrogen and oxygen atoms in total. The summed E-state index contributed by atoms with van der Waals surface area (Å²) in [6.07, 6.45) is -3.12. The fraction of sp³-hybridized carbons (Fsp3) is 0.300. The lowest BCUT2D eigenvalue weighted by molar-refractivity contribution is -0.137. The van der Waals surface area contributed by atoms with Crippen molar-refractivity contribution in [2.24, 2.45) is 0 Å². The van der Waals surface area contributed by atoms with Gasteiger partial charge in [-0.3, -0.25) is 4.79 Å². The quantitative estimate of drug-likeness (QED) is 0.619. The molecule has 0 unspecified atom stereocenters. The van der Waals surface area contributed by atoms with E-state index in [-0.39, 0.29) is 5.69 Å². The summed E-state index contributed by atoms with van der Waals surface area (Å²) in [6, 6.07) is 10.0. The standard InChI is InChI=1S/C20H19F3N6O3/c21-20(22,23)14-4-5-18(28-6-8-31-9-7-28)17(10-14)25-19(30)12-32-16-3-1-2-15(11-16)29-13-24-26-27-29/h1-5,10-11,13H,6-9,12H2,(H,25,30). The van der Waals surface area contributed by atoms with E-state index in [9.17, 15) is 18.0 Å². The van der Waals surface area contributed by atoms with Crippen LogP contribution in [0.2, 0.25) is 0 Å². The molecular weight excluding hydrogens is 429 g/mol. The fourth-order valence-corrected chi connectivity index (χ4v) is 3.22. The lowest BCUT2D eigenvalue weighted by Gasteiger charge is -2.31. The molecule has 1 fully saturated rings. The number of amides is 1. The molecule has 32 heavy (non-hydrogen) atoms. The van der Waals surface area contributed by atoms with Gasteiger partial charge in [-0.1, -0.05) is 6.07 Å². The highest BCUT2D eigenvalue weighted by Gasteiger charge is 2.32. The first-order chi connectivity index (χ1) is 15.4. The smallest absolute Gasteiger partial charge is 0.416 e. The molecule has 0 radical (unpaired) electrons. The van der Waals surface area contributed by atoms with Crippen molar-refractivity contribution in [1.29, 1.82) is 0 Å². The summed E-state index contributed by atoms with van der Waals surface area (Å²) in [5.41, 5.74) is 0.341. The maximum Gasteiger partial charge on any atom is 0.416 e. The van der Waals surface area contributed by atoms with E-state index >= 15 is 0 Å². The van der Waals surface area contributed by atoms with E-state index < -0.39 is 24.3 Å². The predicted octanol–water partition coefficient (Wildman–Crippen LogP) is 2.54. The van der Waals surface area contributed by atoms with Crippen molar-refractivity contribution in [1.82, 2.24) is 20.2 Å². The number of rotatable bonds is 6. The van der Waals surface area contributed by atoms with Crippen molar-refractivity contribution in [2.45, 2.75) is 6.18 Å². The molecule has 3 aromatic rings. The molecule has 1 amide bonds. The minimum Gasteiger partial charge on any atom is -0.484 e. The van der Waals surface area contributed by atoms with E-state index in [1.807, 2.05) is 4.90 Å². The molecular formula is C20H19F3N6O3. The van der Waals surface area contributed by atoms with Crippen molar-refractivity contribution in [3.05, 3.63) is 54.4 Å². The van der Waals surface area contributed by atoms with Gasteiger partial charge in [-0.25, -0.2) is 4.68 Å². The summed E-state index contributed by atoms with van der Waals surface area (Å²) in [6.45, 7) is 1.53. The molecule has 0 atom stereocenters. The van der Waals surface area contributed by atoms with E-state index in [2.05, 4.69) is 20.8 Å². The van der Waals surface area contributed by atoms with Gasteiger partial charge in [-0.05, 0) is 40.8 Å². The van der Waals surface area contributed by atoms with Gasteiger partial charge in [-0.15, -0.1) is 5.10 Å². The van der Waals surface area contributed by atoms with Crippen LogP contribution in [0.3, 0.4) is 0 Å². The number of nitrogens with one attached hydrogen (secondary N) is 1. The molecule has 4 rings (SSSR count). The lowest BCUT2D eigenvalue weighted by atomic mass is 10.1. The van der Waals surface area contributed by atoms with Crippen LogP contribution in [0.4, 0.5) is 24.5 Å². The zero-order chi connectivity index (χ0) is 22.6. The number of anilines is 2. The summed E-state index contributed by atoms with van der Waals surface area (Å²) >= 11 is 0. The maximum atomic E-state index is 13.2. The highest BCUT2D eigenvalue weighted by Crippen LogP contribution is 2.35. The second kappa shape index (κ2) is 9.22. The Hall–Kier alpha value is -3.67. The van der Waals surface area contributed by atoms with Crippen LogP contribution in [0, 0.1) is 0 Å². The third kappa shape index (κ3) is 5.14. The molecule has 0 aliphatic carbocycles. The molecule has 0 bridgehead atoms. The molecule has 12 heteroatoms. The molecule has 1 N–H and O–H groups in total. The molecule has 0 spiro atoms. The topological polar surface area (TPSA) is 94.4 Å². The van der Waals surface area contributed by atoms with Gasteiger partial charge in [-0.2, -0.15) is 13.2 Å². The number of nitrogens with zero attached hydrogens (tertiary/aromatic N) is 5. The van der Waals surface area contributed by atoms with Gasteiger partial charge in [0.05, 0.1) is 35.8 Å². The summed E-state index contributed by atoms with van der Waals surface area (Å²) in [5.74, 6) is -0.211. The summed E-state index contributed by atoms with van der Waals surface area (Å²) in [7, 11) is 0. The zero-order valence-corrected chi connectivity index (χ0v) is 16.7. The van der Waals surface area contributed by atoms with E-state index in [1.165, 1.54) is 17.1 Å². The lowest BCUT2D eigenvalue weighted by Crippen LogP contribution is -2.37. The third-order valence-electron chi connectivity index (χ3n) is 4.75. The number of morpholine rings is 1. The van der Waals surface area contributed by atoms with Crippen molar-refractivity contribution >= 4 is 17.3 Å². The highest BCUT2D eigenvalue weighted by molar-refractivity contribution is 5.95. The van der Waals surface area contributed by atoms with E-state index in [1.54, 1.807) is 24.3 Å². The van der Waals surface area contributed by atoms with Gasteiger partial charge in [0.1, 0.15) is 12.1 Å². The number of ether oxygens (including phenoxy) is 2. The van der Waals surface area contributed by atoms with E-state index in [0.29, 0.717) is 43.4 Å². The number of aromatic nitrogens is 4. The summed E-state index contributed by atoms with van der Waals surface area (Å²) < 4.78 is 51.9. The first-order valence-corrected chi connectivity index (χ1v) is 9.70. The van der Waals surface area contributed by atoms with Crippen LogP contribution in [0.5, 0.6) is 5.75 Å². The summed E-state index contributed by atoms with van der Waals surface area (Å²) in [4.78, 5) is 14.4. The minimum absolute atomic E-state index is 0.0674. The second-order valence-corrected chi connectivity index (χ2v) is 6.92. The van der Waals surface area contributed by atoms with Gasteiger partial charge < -0.3 is 19.7 Å². The Balaban J connectivity index is 1.47. The van der Waals surface area contributed by atoms with E-state index in [4.69, 9.17) is 9.47 Å². The van der Waals surface area contributed by atoms with Crippen LogP contribution in [0.1, 0.15) is 5.56 Å². The van der Waals surface area contributed by atoms with Crippen molar-refractivity contribution in [3.63, 3.8) is 0 Å². The number of alkyl halides is 3. The third-order valence-corrected chi connectivity index (χ3v) is 4.75. The SMILES string of the molecule is O=C(COc1cccc(-n2cnnn2)c1)Nc1cc(C(F)(F)F)ccc1N1CCOCC1. The fourth-order valence-electron chi connectivity index (χ4n) is 3.22. The highest BCUT2D eigenvalue weighted by atomic mass is 19.4. The molecule has 1 aliphatic rings. The molecule has 2 heterocycles. The molecule has 1 aromatic heterocycles. The Kier molecular flexibility index (Phi) is 6.21. The molecule has 2 aromatic carbocycles. The Labute approximate surface area is 180 Å². The predicted molar refractivity (Wildman–Crippen MR) is 108 cm³/mol. The molecule has 168 valence electrons. The Bertz CT molecular complexity index is 1070. The van der Waals surface area contributed by atoms with E-state index in [0.717, 1.165) is 12.1 Å².